The Labute approximate surface area is 409 Å². The monoisotopic (exact) mass is 962 g/mol. The van der Waals surface area contributed by atoms with Gasteiger partial charge in [-0.1, -0.05) is 6.58 Å². The topological polar surface area (TPSA) is 191 Å². The van der Waals surface area contributed by atoms with Gasteiger partial charge in [-0.05, 0) is 129 Å². The molecule has 3 atom stereocenters. The van der Waals surface area contributed by atoms with Crippen LogP contribution in [-0.4, -0.2) is 119 Å². The first-order valence-corrected chi connectivity index (χ1v) is 24.3. The number of amides is 5. The number of hydrogen-bond donors (Lipinski definition) is 4. The number of nitrogens with zero attached hydrogens (tertiary/aromatic N) is 6. The summed E-state index contributed by atoms with van der Waals surface area (Å²) in [6, 6.07) is 20.3. The van der Waals surface area contributed by atoms with Gasteiger partial charge in [-0.3, -0.25) is 38.8 Å². The highest BCUT2D eigenvalue weighted by molar-refractivity contribution is 6.17. The first-order chi connectivity index (χ1) is 34.4. The minimum atomic E-state index is -1.17. The van der Waals surface area contributed by atoms with Crippen LogP contribution in [0.15, 0.2) is 97.5 Å². The maximum absolute atomic E-state index is 13.3. The molecular weight excluding hydrogens is 908 g/mol. The summed E-state index contributed by atoms with van der Waals surface area (Å²) in [7, 11) is 1.67. The van der Waals surface area contributed by atoms with Crippen molar-refractivity contribution in [3.63, 3.8) is 0 Å². The van der Waals surface area contributed by atoms with Gasteiger partial charge in [-0.2, -0.15) is 0 Å². The molecule has 5 aromatic rings. The lowest BCUT2D eigenvalue weighted by Gasteiger charge is -2.57. The maximum atomic E-state index is 13.3. The number of allylic oxidation sites excluding steroid dienone is 1. The second-order valence-corrected chi connectivity index (χ2v) is 19.7. The third-order valence-corrected chi connectivity index (χ3v) is 15.1. The number of piperazine rings is 1. The molecule has 4 N–H and O–H groups in total. The zero-order chi connectivity index (χ0) is 49.0. The molecular formula is C53H55FN10O7. The molecule has 18 heteroatoms. The fraction of sp³-hybridized carbons (Fsp3) is 0.377. The molecule has 3 aromatic carbocycles. The molecule has 366 valence electrons. The summed E-state index contributed by atoms with van der Waals surface area (Å²) in [5.74, 6) is 1.04. The Morgan fingerprint density at radius 1 is 0.873 bits per heavy atom. The molecule has 2 aromatic heterocycles. The van der Waals surface area contributed by atoms with E-state index in [4.69, 9.17) is 14.5 Å². The number of halogens is 1. The lowest BCUT2D eigenvalue weighted by Crippen LogP contribution is -2.69. The number of rotatable bonds is 14. The van der Waals surface area contributed by atoms with Crippen LogP contribution in [0.4, 0.5) is 27.3 Å². The van der Waals surface area contributed by atoms with Crippen LogP contribution in [0.5, 0.6) is 17.2 Å². The van der Waals surface area contributed by atoms with Crippen molar-refractivity contribution < 1.29 is 37.8 Å². The van der Waals surface area contributed by atoms with Crippen molar-refractivity contribution in [1.82, 2.24) is 30.0 Å². The standard InChI is InChI=1S/C53H55FN10O7/c1-31-3-12-43(49(66)57-31)64-27-33-21-47(56-25-41(33)50(64)67)60-48(65)30-61-28-37-22-38(29-61)63(37)26-32-14-19-62(20-15-32)44-24-42-40(23-46(44)70-2)45(13-18-55-42)71-39-10-8-36(9-11-39)59-52(69)53(16-17-53)51(68)58-35-6-4-34(54)5-7-35/h4-11,13,18,21,23-25,32,37-38,43H,1,3,12,14-17,19-20,22,26-30H2,2H3,(H,57,66)(H,58,68)(H,59,69)(H,56,60,65). The Hall–Kier alpha value is -7.44. The van der Waals surface area contributed by atoms with Crippen LogP contribution in [-0.2, 0) is 25.7 Å². The van der Waals surface area contributed by atoms with E-state index in [1.54, 1.807) is 48.5 Å². The number of piperidine rings is 3. The molecule has 1 saturated carbocycles. The lowest BCUT2D eigenvalue weighted by atomic mass is 9.84. The van der Waals surface area contributed by atoms with Gasteiger partial charge in [0.25, 0.3) is 5.91 Å². The van der Waals surface area contributed by atoms with E-state index >= 15 is 0 Å². The molecule has 5 saturated heterocycles. The van der Waals surface area contributed by atoms with Crippen molar-refractivity contribution in [3.05, 3.63) is 114 Å². The van der Waals surface area contributed by atoms with Crippen molar-refractivity contribution in [2.75, 3.05) is 67.2 Å². The average Bonchev–Trinajstić information content (AvgIpc) is 4.13. The summed E-state index contributed by atoms with van der Waals surface area (Å²) < 4.78 is 25.7. The van der Waals surface area contributed by atoms with Crippen LogP contribution in [0.1, 0.15) is 60.9 Å². The molecule has 0 spiro atoms. The Morgan fingerprint density at radius 3 is 2.25 bits per heavy atom. The fourth-order valence-electron chi connectivity index (χ4n) is 10.9. The Bertz CT molecular complexity index is 2950. The number of fused-ring (bicyclic) bond motifs is 4. The molecule has 8 heterocycles. The maximum Gasteiger partial charge on any atom is 0.256 e. The third-order valence-electron chi connectivity index (χ3n) is 15.1. The second-order valence-electron chi connectivity index (χ2n) is 19.7. The lowest BCUT2D eigenvalue weighted by molar-refractivity contribution is -0.131. The van der Waals surface area contributed by atoms with E-state index in [1.165, 1.54) is 30.5 Å². The van der Waals surface area contributed by atoms with Crippen LogP contribution in [0.3, 0.4) is 0 Å². The molecule has 5 amide bonds. The van der Waals surface area contributed by atoms with Crippen molar-refractivity contribution in [1.29, 1.82) is 0 Å². The molecule has 71 heavy (non-hydrogen) atoms. The van der Waals surface area contributed by atoms with Crippen LogP contribution in [0, 0.1) is 17.2 Å². The summed E-state index contributed by atoms with van der Waals surface area (Å²) >= 11 is 0. The highest BCUT2D eigenvalue weighted by atomic mass is 19.1. The van der Waals surface area contributed by atoms with Gasteiger partial charge in [0.1, 0.15) is 40.3 Å². The first-order valence-electron chi connectivity index (χ1n) is 24.3. The molecule has 7 aliphatic rings. The van der Waals surface area contributed by atoms with Gasteiger partial charge in [0.05, 0.1) is 30.4 Å². The molecule has 3 unspecified atom stereocenters. The zero-order valence-electron chi connectivity index (χ0n) is 39.4. The Morgan fingerprint density at radius 2 is 1.58 bits per heavy atom. The predicted molar refractivity (Wildman–Crippen MR) is 263 cm³/mol. The molecule has 2 bridgehead atoms. The molecule has 1 aliphatic carbocycles. The third kappa shape index (κ3) is 9.24. The largest absolute Gasteiger partial charge is 0.495 e. The molecule has 17 nitrogen and oxygen atoms in total. The highest BCUT2D eigenvalue weighted by Gasteiger charge is 2.56. The van der Waals surface area contributed by atoms with Crippen LogP contribution in [0.2, 0.25) is 0 Å². The predicted octanol–water partition coefficient (Wildman–Crippen LogP) is 6.29. The van der Waals surface area contributed by atoms with Gasteiger partial charge < -0.3 is 40.5 Å². The molecule has 12 rings (SSSR count). The van der Waals surface area contributed by atoms with Gasteiger partial charge in [0, 0.05) is 86.2 Å². The minimum absolute atomic E-state index is 0.139. The Balaban J connectivity index is 0.646. The number of carbonyl (C=O) groups is 5. The first kappa shape index (κ1) is 46.0. The van der Waals surface area contributed by atoms with E-state index in [1.807, 2.05) is 12.1 Å². The van der Waals surface area contributed by atoms with Crippen molar-refractivity contribution in [2.24, 2.45) is 11.3 Å². The highest BCUT2D eigenvalue weighted by Crippen LogP contribution is 2.48. The average molecular weight is 963 g/mol. The normalized spacial score (nSPS) is 21.8. The van der Waals surface area contributed by atoms with Crippen LogP contribution < -0.4 is 35.6 Å². The number of aromatic nitrogens is 2. The molecule has 6 aliphatic heterocycles. The van der Waals surface area contributed by atoms with Gasteiger partial charge in [0.15, 0.2) is 0 Å². The van der Waals surface area contributed by atoms with E-state index in [-0.39, 0.29) is 24.3 Å². The number of nitrogens with one attached hydrogen (secondary N) is 4. The number of benzene rings is 3. The Kier molecular flexibility index (Phi) is 12.1. The van der Waals surface area contributed by atoms with Gasteiger partial charge >= 0.3 is 0 Å². The smallest absolute Gasteiger partial charge is 0.256 e. The van der Waals surface area contributed by atoms with Crippen molar-refractivity contribution in [3.8, 4) is 17.2 Å². The van der Waals surface area contributed by atoms with Gasteiger partial charge in [-0.25, -0.2) is 9.37 Å². The van der Waals surface area contributed by atoms with Crippen molar-refractivity contribution >= 4 is 63.3 Å². The number of ether oxygens (including phenoxy) is 2. The van der Waals surface area contributed by atoms with E-state index in [0.29, 0.717) is 90.2 Å². The van der Waals surface area contributed by atoms with E-state index in [0.717, 1.165) is 79.9 Å². The second kappa shape index (κ2) is 18.7. The number of pyridine rings is 2. The summed E-state index contributed by atoms with van der Waals surface area (Å²) in [4.78, 5) is 83.1. The van der Waals surface area contributed by atoms with Crippen LogP contribution in [0.25, 0.3) is 10.9 Å². The summed E-state index contributed by atoms with van der Waals surface area (Å²) in [5, 5.41) is 12.1. The van der Waals surface area contributed by atoms with E-state index < -0.39 is 29.1 Å². The SMILES string of the molecule is C=C1CCC(N2Cc3cc(NC(=O)CN4CC5CC(C4)N5CC4CCN(c5cc6nccc(Oc7ccc(NC(=O)C8(C(=O)Nc9ccc(F)cc9)CC8)cc7)c6cc5OC)CC4)ncc3C2=O)C(=O)N1. The summed E-state index contributed by atoms with van der Waals surface area (Å²) in [6.07, 6.45) is 8.44. The quantitative estimate of drug-likeness (QED) is 0.0913. The number of hydrogen-bond acceptors (Lipinski definition) is 12. The minimum Gasteiger partial charge on any atom is -0.495 e. The number of anilines is 4. The van der Waals surface area contributed by atoms with Gasteiger partial charge in [-0.15, -0.1) is 0 Å². The molecule has 0 radical (unpaired) electrons. The fourth-order valence-corrected chi connectivity index (χ4v) is 10.9. The zero-order valence-corrected chi connectivity index (χ0v) is 39.4. The summed E-state index contributed by atoms with van der Waals surface area (Å²) in [6.45, 7) is 8.87. The summed E-state index contributed by atoms with van der Waals surface area (Å²) in [5.41, 5.74) is 3.41. The number of carbonyl (C=O) groups excluding carboxylic acids is 5. The molecule has 6 fully saturated rings. The van der Waals surface area contributed by atoms with E-state index in [9.17, 15) is 28.4 Å². The van der Waals surface area contributed by atoms with Crippen molar-refractivity contribution in [2.45, 2.75) is 69.6 Å². The number of methoxy groups -OCH3 is 1. The van der Waals surface area contributed by atoms with E-state index in [2.05, 4.69) is 53.6 Å². The van der Waals surface area contributed by atoms with Gasteiger partial charge in [0.2, 0.25) is 23.6 Å². The van der Waals surface area contributed by atoms with Crippen LogP contribution >= 0.6 is 0 Å².